The van der Waals surface area contributed by atoms with E-state index < -0.39 is 0 Å². The van der Waals surface area contributed by atoms with Crippen LogP contribution in [0.1, 0.15) is 25.0 Å². The lowest BCUT2D eigenvalue weighted by Crippen LogP contribution is -2.21. The Hall–Kier alpha value is -1.29. The molecule has 0 aliphatic rings. The standard InChI is InChI=1S/C16H18Cl2N2O/c1-10(2)19-8-12-7-11(3)16(20-9-12)21-14-6-4-5-13(17)15(14)18/h4-7,9-10,19H,8H2,1-3H3. The summed E-state index contributed by atoms with van der Waals surface area (Å²) < 4.78 is 5.75. The zero-order chi connectivity index (χ0) is 15.4. The normalized spacial score (nSPS) is 11.0. The van der Waals surface area contributed by atoms with E-state index in [9.17, 15) is 0 Å². The molecule has 2 rings (SSSR count). The second kappa shape index (κ2) is 7.12. The van der Waals surface area contributed by atoms with Gasteiger partial charge in [-0.1, -0.05) is 43.1 Å². The maximum Gasteiger partial charge on any atom is 0.222 e. The topological polar surface area (TPSA) is 34.2 Å². The number of aromatic nitrogens is 1. The molecule has 1 N–H and O–H groups in total. The molecular weight excluding hydrogens is 307 g/mol. The Labute approximate surface area is 135 Å². The van der Waals surface area contributed by atoms with E-state index in [0.717, 1.165) is 17.7 Å². The highest BCUT2D eigenvalue weighted by atomic mass is 35.5. The molecule has 0 saturated carbocycles. The SMILES string of the molecule is Cc1cc(CNC(C)C)cnc1Oc1cccc(Cl)c1Cl. The molecule has 3 nitrogen and oxygen atoms in total. The number of aryl methyl sites for hydroxylation is 1. The molecule has 0 atom stereocenters. The molecule has 0 amide bonds. The van der Waals surface area contributed by atoms with Crippen molar-refractivity contribution in [2.45, 2.75) is 33.4 Å². The molecule has 0 saturated heterocycles. The second-order valence-electron chi connectivity index (χ2n) is 5.16. The Bertz CT molecular complexity index is 630. The smallest absolute Gasteiger partial charge is 0.222 e. The van der Waals surface area contributed by atoms with Crippen molar-refractivity contribution < 1.29 is 4.74 Å². The minimum Gasteiger partial charge on any atom is -0.437 e. The minimum absolute atomic E-state index is 0.394. The minimum atomic E-state index is 0.394. The Morgan fingerprint density at radius 3 is 2.71 bits per heavy atom. The van der Waals surface area contributed by atoms with E-state index in [4.69, 9.17) is 27.9 Å². The summed E-state index contributed by atoms with van der Waals surface area (Å²) in [6.45, 7) is 6.96. The van der Waals surface area contributed by atoms with Gasteiger partial charge < -0.3 is 10.1 Å². The van der Waals surface area contributed by atoms with Crippen molar-refractivity contribution in [3.63, 3.8) is 0 Å². The van der Waals surface area contributed by atoms with Gasteiger partial charge in [-0.2, -0.15) is 0 Å². The largest absolute Gasteiger partial charge is 0.437 e. The first-order valence-electron chi connectivity index (χ1n) is 6.78. The predicted molar refractivity (Wildman–Crippen MR) is 87.5 cm³/mol. The van der Waals surface area contributed by atoms with Gasteiger partial charge in [0.2, 0.25) is 5.88 Å². The molecule has 2 aromatic rings. The molecule has 0 fully saturated rings. The fraction of sp³-hybridized carbons (Fsp3) is 0.312. The second-order valence-corrected chi connectivity index (χ2v) is 5.94. The summed E-state index contributed by atoms with van der Waals surface area (Å²) >= 11 is 12.1. The molecule has 1 heterocycles. The van der Waals surface area contributed by atoms with Crippen LogP contribution >= 0.6 is 23.2 Å². The van der Waals surface area contributed by atoms with Crippen LogP contribution in [0.3, 0.4) is 0 Å². The summed E-state index contributed by atoms with van der Waals surface area (Å²) in [5.74, 6) is 1.04. The van der Waals surface area contributed by atoms with Crippen LogP contribution in [0.5, 0.6) is 11.6 Å². The summed E-state index contributed by atoms with van der Waals surface area (Å²) in [7, 11) is 0. The zero-order valence-electron chi connectivity index (χ0n) is 12.3. The van der Waals surface area contributed by atoms with Crippen LogP contribution in [-0.2, 0) is 6.54 Å². The molecule has 0 unspecified atom stereocenters. The lowest BCUT2D eigenvalue weighted by atomic mass is 10.2. The van der Waals surface area contributed by atoms with Crippen molar-refractivity contribution in [2.24, 2.45) is 0 Å². The van der Waals surface area contributed by atoms with E-state index in [1.54, 1.807) is 24.4 Å². The summed E-state index contributed by atoms with van der Waals surface area (Å²) in [6, 6.07) is 7.77. The van der Waals surface area contributed by atoms with Gasteiger partial charge in [-0.25, -0.2) is 4.98 Å². The Morgan fingerprint density at radius 1 is 1.29 bits per heavy atom. The maximum absolute atomic E-state index is 6.12. The van der Waals surface area contributed by atoms with Crippen molar-refractivity contribution in [3.05, 3.63) is 51.6 Å². The molecular formula is C16H18Cl2N2O. The number of halogens is 2. The fourth-order valence-corrected chi connectivity index (χ4v) is 2.14. The van der Waals surface area contributed by atoms with Crippen LogP contribution in [0.25, 0.3) is 0 Å². The molecule has 1 aromatic carbocycles. The van der Waals surface area contributed by atoms with E-state index in [1.807, 2.05) is 6.92 Å². The predicted octanol–water partition coefficient (Wildman–Crippen LogP) is 4.99. The number of benzene rings is 1. The average molecular weight is 325 g/mol. The molecule has 0 bridgehead atoms. The Kier molecular flexibility index (Phi) is 5.45. The number of hydrogen-bond acceptors (Lipinski definition) is 3. The molecule has 5 heteroatoms. The Balaban J connectivity index is 2.16. The van der Waals surface area contributed by atoms with Crippen LogP contribution in [0, 0.1) is 6.92 Å². The number of pyridine rings is 1. The lowest BCUT2D eigenvalue weighted by molar-refractivity contribution is 0.458. The van der Waals surface area contributed by atoms with Gasteiger partial charge in [-0.05, 0) is 30.7 Å². The van der Waals surface area contributed by atoms with Gasteiger partial charge in [0.05, 0.1) is 5.02 Å². The van der Waals surface area contributed by atoms with Gasteiger partial charge >= 0.3 is 0 Å². The molecule has 1 aromatic heterocycles. The third-order valence-corrected chi connectivity index (χ3v) is 3.73. The van der Waals surface area contributed by atoms with Crippen LogP contribution < -0.4 is 10.1 Å². The summed E-state index contributed by atoms with van der Waals surface area (Å²) in [6.07, 6.45) is 1.80. The maximum atomic E-state index is 6.12. The number of ether oxygens (including phenoxy) is 1. The van der Waals surface area contributed by atoms with Crippen LogP contribution in [0.2, 0.25) is 10.0 Å². The van der Waals surface area contributed by atoms with Crippen LogP contribution in [0.4, 0.5) is 0 Å². The van der Waals surface area contributed by atoms with Crippen molar-refractivity contribution >= 4 is 23.2 Å². The van der Waals surface area contributed by atoms with Crippen molar-refractivity contribution in [1.82, 2.24) is 10.3 Å². The summed E-state index contributed by atoms with van der Waals surface area (Å²) in [4.78, 5) is 4.36. The van der Waals surface area contributed by atoms with E-state index in [-0.39, 0.29) is 0 Å². The Morgan fingerprint density at radius 2 is 2.05 bits per heavy atom. The first-order valence-corrected chi connectivity index (χ1v) is 7.53. The third-order valence-electron chi connectivity index (χ3n) is 2.92. The first kappa shape index (κ1) is 16.1. The summed E-state index contributed by atoms with van der Waals surface area (Å²) in [5.41, 5.74) is 2.07. The van der Waals surface area contributed by atoms with Gasteiger partial charge in [-0.3, -0.25) is 0 Å². The fourth-order valence-electron chi connectivity index (χ4n) is 1.81. The molecule has 0 aliphatic carbocycles. The highest BCUT2D eigenvalue weighted by molar-refractivity contribution is 6.42. The third kappa shape index (κ3) is 4.34. The quantitative estimate of drug-likeness (QED) is 0.841. The van der Waals surface area contributed by atoms with Gasteiger partial charge in [0.25, 0.3) is 0 Å². The van der Waals surface area contributed by atoms with Crippen molar-refractivity contribution in [1.29, 1.82) is 0 Å². The molecule has 0 aliphatic heterocycles. The van der Waals surface area contributed by atoms with Crippen molar-refractivity contribution in [2.75, 3.05) is 0 Å². The van der Waals surface area contributed by atoms with Crippen molar-refractivity contribution in [3.8, 4) is 11.6 Å². The van der Waals surface area contributed by atoms with E-state index in [1.165, 1.54) is 0 Å². The van der Waals surface area contributed by atoms with E-state index >= 15 is 0 Å². The molecule has 112 valence electrons. The van der Waals surface area contributed by atoms with Crippen LogP contribution in [-0.4, -0.2) is 11.0 Å². The average Bonchev–Trinajstić information content (AvgIpc) is 2.44. The van der Waals surface area contributed by atoms with E-state index in [2.05, 4.69) is 30.2 Å². The number of hydrogen-bond donors (Lipinski definition) is 1. The van der Waals surface area contributed by atoms with E-state index in [0.29, 0.717) is 27.7 Å². The highest BCUT2D eigenvalue weighted by Gasteiger charge is 2.10. The summed E-state index contributed by atoms with van der Waals surface area (Å²) in [5, 5.41) is 4.21. The van der Waals surface area contributed by atoms with Gasteiger partial charge in [0.1, 0.15) is 10.8 Å². The monoisotopic (exact) mass is 324 g/mol. The molecule has 21 heavy (non-hydrogen) atoms. The van der Waals surface area contributed by atoms with Gasteiger partial charge in [-0.15, -0.1) is 0 Å². The first-order chi connectivity index (χ1) is 9.97. The molecule has 0 radical (unpaired) electrons. The number of nitrogens with zero attached hydrogens (tertiary/aromatic N) is 1. The van der Waals surface area contributed by atoms with Crippen LogP contribution in [0.15, 0.2) is 30.5 Å². The van der Waals surface area contributed by atoms with Gasteiger partial charge in [0, 0.05) is 24.3 Å². The highest BCUT2D eigenvalue weighted by Crippen LogP contribution is 2.34. The number of rotatable bonds is 5. The molecule has 0 spiro atoms. The lowest BCUT2D eigenvalue weighted by Gasteiger charge is -2.12. The number of nitrogens with one attached hydrogen (secondary N) is 1. The van der Waals surface area contributed by atoms with Gasteiger partial charge in [0.15, 0.2) is 0 Å². The zero-order valence-corrected chi connectivity index (χ0v) is 13.8.